The number of hydrogen-bond acceptors (Lipinski definition) is 4. The van der Waals surface area contributed by atoms with Crippen LogP contribution in [0.1, 0.15) is 19.7 Å². The van der Waals surface area contributed by atoms with Gasteiger partial charge in [0.15, 0.2) is 0 Å². The molecular weight excluding hydrogens is 202 g/mol. The van der Waals surface area contributed by atoms with Crippen molar-refractivity contribution in [1.82, 2.24) is 25.0 Å². The molecule has 1 rings (SSSR count). The van der Waals surface area contributed by atoms with Crippen LogP contribution in [-0.4, -0.2) is 46.8 Å². The lowest BCUT2D eigenvalue weighted by molar-refractivity contribution is 0.231. The third-order valence-corrected chi connectivity index (χ3v) is 2.44. The van der Waals surface area contributed by atoms with Crippen LogP contribution in [-0.2, 0) is 13.6 Å². The minimum absolute atomic E-state index is 0.266. The van der Waals surface area contributed by atoms with Gasteiger partial charge in [-0.2, -0.15) is 0 Å². The van der Waals surface area contributed by atoms with Crippen LogP contribution in [0.4, 0.5) is 0 Å². The van der Waals surface area contributed by atoms with Crippen molar-refractivity contribution in [2.24, 2.45) is 12.5 Å². The average molecular weight is 225 g/mol. The summed E-state index contributed by atoms with van der Waals surface area (Å²) in [6, 6.07) is 0. The highest BCUT2D eigenvalue weighted by molar-refractivity contribution is 4.84. The maximum Gasteiger partial charge on any atom is 0.146 e. The van der Waals surface area contributed by atoms with Gasteiger partial charge in [-0.15, -0.1) is 10.2 Å². The summed E-state index contributed by atoms with van der Waals surface area (Å²) in [6.07, 6.45) is 1.72. The molecule has 16 heavy (non-hydrogen) atoms. The number of nitrogens with one attached hydrogen (secondary N) is 1. The standard InChI is InChI=1S/C11H23N5/c1-11(2,8-15(3)4)7-12-6-10-14-13-9-16(10)5/h9,12H,6-8H2,1-5H3. The van der Waals surface area contributed by atoms with Gasteiger partial charge in [-0.25, -0.2) is 0 Å². The summed E-state index contributed by atoms with van der Waals surface area (Å²) < 4.78 is 1.94. The fraction of sp³-hybridized carbons (Fsp3) is 0.818. The van der Waals surface area contributed by atoms with Gasteiger partial charge in [0.05, 0.1) is 6.54 Å². The van der Waals surface area contributed by atoms with Crippen molar-refractivity contribution in [3.05, 3.63) is 12.2 Å². The molecular formula is C11H23N5. The fourth-order valence-electron chi connectivity index (χ4n) is 1.89. The van der Waals surface area contributed by atoms with Gasteiger partial charge >= 0.3 is 0 Å². The molecule has 0 aromatic carbocycles. The molecule has 92 valence electrons. The summed E-state index contributed by atoms with van der Waals surface area (Å²) in [6.45, 7) is 7.33. The summed E-state index contributed by atoms with van der Waals surface area (Å²) in [5, 5.41) is 11.3. The normalized spacial score (nSPS) is 12.4. The topological polar surface area (TPSA) is 46.0 Å². The molecule has 1 aromatic heterocycles. The molecule has 0 saturated heterocycles. The minimum Gasteiger partial charge on any atom is -0.320 e. The Morgan fingerprint density at radius 2 is 2.12 bits per heavy atom. The molecule has 0 radical (unpaired) electrons. The van der Waals surface area contributed by atoms with Gasteiger partial charge in [0, 0.05) is 20.1 Å². The Labute approximate surface area is 97.9 Å². The predicted octanol–water partition coefficient (Wildman–Crippen LogP) is 0.492. The van der Waals surface area contributed by atoms with Crippen LogP contribution in [0.25, 0.3) is 0 Å². The van der Waals surface area contributed by atoms with E-state index in [2.05, 4.69) is 48.4 Å². The van der Waals surface area contributed by atoms with Crippen LogP contribution in [0.5, 0.6) is 0 Å². The van der Waals surface area contributed by atoms with E-state index in [-0.39, 0.29) is 5.41 Å². The quantitative estimate of drug-likeness (QED) is 0.765. The number of aryl methyl sites for hydroxylation is 1. The highest BCUT2D eigenvalue weighted by Crippen LogP contribution is 2.14. The van der Waals surface area contributed by atoms with Crippen molar-refractivity contribution in [2.45, 2.75) is 20.4 Å². The fourth-order valence-corrected chi connectivity index (χ4v) is 1.89. The van der Waals surface area contributed by atoms with E-state index in [1.54, 1.807) is 6.33 Å². The minimum atomic E-state index is 0.266. The van der Waals surface area contributed by atoms with Gasteiger partial charge in [-0.05, 0) is 19.5 Å². The zero-order valence-electron chi connectivity index (χ0n) is 11.0. The van der Waals surface area contributed by atoms with E-state index in [1.165, 1.54) is 0 Å². The molecule has 1 N–H and O–H groups in total. The first kappa shape index (κ1) is 13.1. The van der Waals surface area contributed by atoms with Gasteiger partial charge in [0.25, 0.3) is 0 Å². The molecule has 5 nitrogen and oxygen atoms in total. The summed E-state index contributed by atoms with van der Waals surface area (Å²) in [4.78, 5) is 2.21. The lowest BCUT2D eigenvalue weighted by Gasteiger charge is -2.28. The van der Waals surface area contributed by atoms with Crippen molar-refractivity contribution in [3.8, 4) is 0 Å². The van der Waals surface area contributed by atoms with E-state index in [4.69, 9.17) is 0 Å². The lowest BCUT2D eigenvalue weighted by atomic mass is 9.93. The molecule has 1 heterocycles. The second kappa shape index (κ2) is 5.41. The molecule has 0 aliphatic heterocycles. The smallest absolute Gasteiger partial charge is 0.146 e. The van der Waals surface area contributed by atoms with Gasteiger partial charge in [0.2, 0.25) is 0 Å². The predicted molar refractivity (Wildman–Crippen MR) is 65.0 cm³/mol. The summed E-state index contributed by atoms with van der Waals surface area (Å²) in [7, 11) is 6.16. The average Bonchev–Trinajstić information content (AvgIpc) is 2.49. The first-order chi connectivity index (χ1) is 7.41. The van der Waals surface area contributed by atoms with Gasteiger partial charge < -0.3 is 14.8 Å². The van der Waals surface area contributed by atoms with Crippen LogP contribution >= 0.6 is 0 Å². The number of aromatic nitrogens is 3. The zero-order chi connectivity index (χ0) is 12.2. The van der Waals surface area contributed by atoms with E-state index in [0.717, 1.165) is 25.5 Å². The SMILES string of the molecule is CN(C)CC(C)(C)CNCc1nncn1C. The number of hydrogen-bond donors (Lipinski definition) is 1. The largest absolute Gasteiger partial charge is 0.320 e. The molecule has 5 heteroatoms. The second-order valence-corrected chi connectivity index (χ2v) is 5.36. The molecule has 0 bridgehead atoms. The molecule has 0 aliphatic carbocycles. The molecule has 0 aliphatic rings. The van der Waals surface area contributed by atoms with Crippen LogP contribution in [0.3, 0.4) is 0 Å². The van der Waals surface area contributed by atoms with Crippen LogP contribution in [0, 0.1) is 5.41 Å². The Morgan fingerprint density at radius 3 is 2.62 bits per heavy atom. The van der Waals surface area contributed by atoms with Crippen molar-refractivity contribution in [3.63, 3.8) is 0 Å². The number of nitrogens with zero attached hydrogens (tertiary/aromatic N) is 4. The molecule has 0 saturated carbocycles. The van der Waals surface area contributed by atoms with Gasteiger partial charge in [0.1, 0.15) is 12.2 Å². The molecule has 0 spiro atoms. The molecule has 0 amide bonds. The molecule has 0 fully saturated rings. The maximum atomic E-state index is 4.04. The lowest BCUT2D eigenvalue weighted by Crippen LogP contribution is -2.37. The Morgan fingerprint density at radius 1 is 1.44 bits per heavy atom. The first-order valence-corrected chi connectivity index (χ1v) is 5.59. The van der Waals surface area contributed by atoms with Crippen molar-refractivity contribution in [1.29, 1.82) is 0 Å². The highest BCUT2D eigenvalue weighted by atomic mass is 15.3. The van der Waals surface area contributed by atoms with Gasteiger partial charge in [-0.3, -0.25) is 0 Å². The van der Waals surface area contributed by atoms with E-state index in [1.807, 2.05) is 11.6 Å². The van der Waals surface area contributed by atoms with Crippen LogP contribution < -0.4 is 5.32 Å². The first-order valence-electron chi connectivity index (χ1n) is 5.59. The second-order valence-electron chi connectivity index (χ2n) is 5.36. The van der Waals surface area contributed by atoms with Crippen LogP contribution in [0.2, 0.25) is 0 Å². The summed E-state index contributed by atoms with van der Waals surface area (Å²) in [5.41, 5.74) is 0.266. The van der Waals surface area contributed by atoms with E-state index >= 15 is 0 Å². The monoisotopic (exact) mass is 225 g/mol. The maximum absolute atomic E-state index is 4.04. The molecule has 0 unspecified atom stereocenters. The van der Waals surface area contributed by atoms with E-state index in [0.29, 0.717) is 0 Å². The molecule has 0 atom stereocenters. The zero-order valence-corrected chi connectivity index (χ0v) is 11.0. The summed E-state index contributed by atoms with van der Waals surface area (Å²) >= 11 is 0. The van der Waals surface area contributed by atoms with Crippen molar-refractivity contribution < 1.29 is 0 Å². The third-order valence-electron chi connectivity index (χ3n) is 2.44. The van der Waals surface area contributed by atoms with Crippen molar-refractivity contribution >= 4 is 0 Å². The third kappa shape index (κ3) is 4.28. The Kier molecular flexibility index (Phi) is 4.44. The Balaban J connectivity index is 2.32. The highest BCUT2D eigenvalue weighted by Gasteiger charge is 2.18. The van der Waals surface area contributed by atoms with E-state index in [9.17, 15) is 0 Å². The van der Waals surface area contributed by atoms with Gasteiger partial charge in [-0.1, -0.05) is 13.8 Å². The molecule has 1 aromatic rings. The Bertz CT molecular complexity index is 316. The van der Waals surface area contributed by atoms with Crippen molar-refractivity contribution in [2.75, 3.05) is 27.2 Å². The van der Waals surface area contributed by atoms with Crippen LogP contribution in [0.15, 0.2) is 6.33 Å². The Hall–Kier alpha value is -0.940. The van der Waals surface area contributed by atoms with E-state index < -0.39 is 0 Å². The summed E-state index contributed by atoms with van der Waals surface area (Å²) in [5.74, 6) is 0.973. The number of rotatable bonds is 6.